The Labute approximate surface area is 197 Å². The second kappa shape index (κ2) is 9.15. The second-order valence-electron chi connectivity index (χ2n) is 7.96. The summed E-state index contributed by atoms with van der Waals surface area (Å²) in [6.07, 6.45) is -7.37. The van der Waals surface area contributed by atoms with Crippen molar-refractivity contribution in [3.8, 4) is 45.8 Å². The average molecular weight is 492 g/mol. The number of phenolic OH excluding ortho intramolecular Hbond substituents is 3. The van der Waals surface area contributed by atoms with Crippen LogP contribution in [0.4, 0.5) is 0 Å². The van der Waals surface area contributed by atoms with Gasteiger partial charge in [-0.15, -0.1) is 0 Å². The first-order valence-corrected chi connectivity index (χ1v) is 10.4. The fourth-order valence-electron chi connectivity index (χ4n) is 3.82. The molecule has 2 heterocycles. The molecule has 5 atom stereocenters. The molecule has 0 amide bonds. The van der Waals surface area contributed by atoms with Crippen LogP contribution in [0.15, 0.2) is 33.5 Å². The monoisotopic (exact) mass is 492 g/mol. The maximum Gasteiger partial charge on any atom is 0.239 e. The zero-order valence-corrected chi connectivity index (χ0v) is 18.8. The summed E-state index contributed by atoms with van der Waals surface area (Å²) in [5, 5.41) is 60.6. The van der Waals surface area contributed by atoms with E-state index in [2.05, 4.69) is 0 Å². The van der Waals surface area contributed by atoms with Gasteiger partial charge in [0.05, 0.1) is 20.3 Å². The molecular weight excluding hydrogens is 468 g/mol. The van der Waals surface area contributed by atoms with Crippen molar-refractivity contribution in [1.29, 1.82) is 0 Å². The molecule has 1 saturated heterocycles. The fourth-order valence-corrected chi connectivity index (χ4v) is 3.82. The molecule has 0 bridgehead atoms. The van der Waals surface area contributed by atoms with Crippen LogP contribution in [0.3, 0.4) is 0 Å². The Morgan fingerprint density at radius 1 is 0.886 bits per heavy atom. The number of fused-ring (bicyclic) bond motifs is 1. The predicted molar refractivity (Wildman–Crippen MR) is 119 cm³/mol. The smallest absolute Gasteiger partial charge is 0.239 e. The molecule has 1 aliphatic heterocycles. The van der Waals surface area contributed by atoms with Gasteiger partial charge < -0.3 is 54.0 Å². The Morgan fingerprint density at radius 2 is 1.51 bits per heavy atom. The number of phenols is 3. The van der Waals surface area contributed by atoms with E-state index >= 15 is 0 Å². The van der Waals surface area contributed by atoms with E-state index in [9.17, 15) is 35.4 Å². The van der Waals surface area contributed by atoms with E-state index in [4.69, 9.17) is 23.4 Å². The van der Waals surface area contributed by atoms with Gasteiger partial charge in [0.2, 0.25) is 23.2 Å². The number of hydrogen-bond donors (Lipinski definition) is 6. The number of aliphatic hydroxyl groups is 3. The van der Waals surface area contributed by atoms with Crippen LogP contribution in [-0.2, 0) is 4.74 Å². The van der Waals surface area contributed by atoms with E-state index in [1.54, 1.807) is 0 Å². The van der Waals surface area contributed by atoms with Gasteiger partial charge in [-0.2, -0.15) is 0 Å². The van der Waals surface area contributed by atoms with Crippen LogP contribution in [0.2, 0.25) is 0 Å². The van der Waals surface area contributed by atoms with E-state index in [0.717, 1.165) is 12.1 Å². The van der Waals surface area contributed by atoms with E-state index in [-0.39, 0.29) is 45.3 Å². The number of benzene rings is 2. The molecule has 0 spiro atoms. The minimum Gasteiger partial charge on any atom is -0.508 e. The molecule has 0 radical (unpaired) electrons. The van der Waals surface area contributed by atoms with Gasteiger partial charge in [-0.05, 0) is 19.1 Å². The summed E-state index contributed by atoms with van der Waals surface area (Å²) in [6.45, 7) is 1.43. The maximum atomic E-state index is 13.5. The van der Waals surface area contributed by atoms with Crippen LogP contribution >= 0.6 is 0 Å². The highest BCUT2D eigenvalue weighted by Crippen LogP contribution is 2.43. The Bertz CT molecular complexity index is 1290. The third-order valence-electron chi connectivity index (χ3n) is 5.70. The zero-order valence-electron chi connectivity index (χ0n) is 18.8. The minimum absolute atomic E-state index is 0.0343. The van der Waals surface area contributed by atoms with Crippen molar-refractivity contribution in [3.63, 3.8) is 0 Å². The lowest BCUT2D eigenvalue weighted by atomic mass is 10.00. The van der Waals surface area contributed by atoms with Crippen LogP contribution < -0.4 is 19.6 Å². The molecule has 0 saturated carbocycles. The molecule has 6 N–H and O–H groups in total. The number of ether oxygens (including phenoxy) is 4. The van der Waals surface area contributed by atoms with Gasteiger partial charge >= 0.3 is 0 Å². The second-order valence-corrected chi connectivity index (χ2v) is 7.96. The Kier molecular flexibility index (Phi) is 6.38. The molecule has 1 fully saturated rings. The van der Waals surface area contributed by atoms with Crippen molar-refractivity contribution >= 4 is 11.0 Å². The summed E-state index contributed by atoms with van der Waals surface area (Å²) in [5.41, 5.74) is -0.976. The highest BCUT2D eigenvalue weighted by Gasteiger charge is 2.44. The van der Waals surface area contributed by atoms with Gasteiger partial charge in [0.15, 0.2) is 17.3 Å². The number of methoxy groups -OCH3 is 2. The third kappa shape index (κ3) is 4.17. The topological polar surface area (TPSA) is 189 Å². The number of rotatable bonds is 5. The van der Waals surface area contributed by atoms with E-state index in [0.29, 0.717) is 0 Å². The zero-order chi connectivity index (χ0) is 25.6. The van der Waals surface area contributed by atoms with Gasteiger partial charge in [0.1, 0.15) is 40.8 Å². The average Bonchev–Trinajstić information content (AvgIpc) is 2.82. The largest absolute Gasteiger partial charge is 0.508 e. The van der Waals surface area contributed by atoms with Crippen LogP contribution in [0.25, 0.3) is 22.3 Å². The fraction of sp³-hybridized carbons (Fsp3) is 0.348. The minimum atomic E-state index is -1.75. The first-order chi connectivity index (χ1) is 16.6. The molecule has 12 heteroatoms. The first kappa shape index (κ1) is 24.4. The Morgan fingerprint density at radius 3 is 2.11 bits per heavy atom. The van der Waals surface area contributed by atoms with Gasteiger partial charge in [-0.25, -0.2) is 0 Å². The predicted octanol–water partition coefficient (Wildman–Crippen LogP) is 0.800. The van der Waals surface area contributed by atoms with E-state index in [1.807, 2.05) is 0 Å². The summed E-state index contributed by atoms with van der Waals surface area (Å²) in [7, 11) is 2.59. The van der Waals surface area contributed by atoms with Crippen molar-refractivity contribution in [2.45, 2.75) is 37.6 Å². The molecule has 2 unspecified atom stereocenters. The molecule has 0 aliphatic carbocycles. The molecule has 2 aromatic carbocycles. The van der Waals surface area contributed by atoms with E-state index < -0.39 is 47.6 Å². The van der Waals surface area contributed by atoms with Crippen molar-refractivity contribution < 1.29 is 54.0 Å². The SMILES string of the molecule is COc1cc(-c2oc3cc(O)cc(O)c3c(=O)c2O[C@@H]2OC(C)[C@H](O)C(O)[C@@H]2O)cc(OC)c1O. The number of aromatic hydroxyl groups is 3. The number of hydrogen-bond acceptors (Lipinski definition) is 12. The van der Waals surface area contributed by atoms with Gasteiger partial charge in [-0.3, -0.25) is 4.79 Å². The number of aliphatic hydroxyl groups excluding tert-OH is 3. The van der Waals surface area contributed by atoms with Crippen molar-refractivity contribution in [3.05, 3.63) is 34.5 Å². The van der Waals surface area contributed by atoms with E-state index in [1.165, 1.54) is 33.3 Å². The summed E-state index contributed by atoms with van der Waals surface area (Å²) in [5.74, 6) is -2.16. The van der Waals surface area contributed by atoms with Gasteiger partial charge in [0, 0.05) is 17.7 Å². The molecule has 188 valence electrons. The summed E-state index contributed by atoms with van der Waals surface area (Å²) in [4.78, 5) is 13.5. The van der Waals surface area contributed by atoms with Crippen LogP contribution in [0, 0.1) is 0 Å². The van der Waals surface area contributed by atoms with Crippen molar-refractivity contribution in [2.24, 2.45) is 0 Å². The van der Waals surface area contributed by atoms with Crippen LogP contribution in [0.1, 0.15) is 6.92 Å². The molecular formula is C23H24O12. The summed E-state index contributed by atoms with van der Waals surface area (Å²) in [6, 6.07) is 4.67. The summed E-state index contributed by atoms with van der Waals surface area (Å²) >= 11 is 0. The van der Waals surface area contributed by atoms with Crippen LogP contribution in [0.5, 0.6) is 34.5 Å². The molecule has 35 heavy (non-hydrogen) atoms. The van der Waals surface area contributed by atoms with Gasteiger partial charge in [-0.1, -0.05) is 0 Å². The standard InChI is InChI=1S/C23H24O12/c1-8-16(26)19(29)20(30)23(33-8)35-22-18(28)15-11(25)6-10(24)7-12(15)34-21(22)9-4-13(31-2)17(27)14(5-9)32-3/h4-8,16,19-20,23-27,29-30H,1-3H3/t8?,16-,19?,20-,23-/m0/s1. The van der Waals surface area contributed by atoms with Crippen molar-refractivity contribution in [1.82, 2.24) is 0 Å². The Hall–Kier alpha value is -3.71. The lowest BCUT2D eigenvalue weighted by Crippen LogP contribution is -2.58. The van der Waals surface area contributed by atoms with Gasteiger partial charge in [0.25, 0.3) is 0 Å². The highest BCUT2D eigenvalue weighted by atomic mass is 16.7. The van der Waals surface area contributed by atoms with Crippen LogP contribution in [-0.4, -0.2) is 75.6 Å². The summed E-state index contributed by atoms with van der Waals surface area (Å²) < 4.78 is 27.3. The van der Waals surface area contributed by atoms with Crippen molar-refractivity contribution in [2.75, 3.05) is 14.2 Å². The first-order valence-electron chi connectivity index (χ1n) is 10.4. The molecule has 3 aromatic rings. The quantitative estimate of drug-likeness (QED) is 0.294. The third-order valence-corrected chi connectivity index (χ3v) is 5.70. The maximum absolute atomic E-state index is 13.5. The highest BCUT2D eigenvalue weighted by molar-refractivity contribution is 5.88. The lowest BCUT2D eigenvalue weighted by Gasteiger charge is -2.38. The molecule has 12 nitrogen and oxygen atoms in total. The Balaban J connectivity index is 1.97. The normalized spacial score (nSPS) is 24.3. The molecule has 1 aromatic heterocycles. The lowest BCUT2D eigenvalue weighted by molar-refractivity contribution is -0.268. The molecule has 4 rings (SSSR count). The molecule has 1 aliphatic rings.